The van der Waals surface area contributed by atoms with Gasteiger partial charge in [0.05, 0.1) is 11.5 Å². The van der Waals surface area contributed by atoms with Gasteiger partial charge >= 0.3 is 0 Å². The van der Waals surface area contributed by atoms with Crippen LogP contribution in [0.5, 0.6) is 5.75 Å². The maximum atomic E-state index is 12.3. The number of hydrogen-bond acceptors (Lipinski definition) is 3. The van der Waals surface area contributed by atoms with Gasteiger partial charge in [-0.05, 0) is 44.0 Å². The van der Waals surface area contributed by atoms with Crippen LogP contribution in [0.2, 0.25) is 0 Å². The lowest BCUT2D eigenvalue weighted by Gasteiger charge is -2.24. The van der Waals surface area contributed by atoms with Crippen molar-refractivity contribution in [2.24, 2.45) is 0 Å². The summed E-state index contributed by atoms with van der Waals surface area (Å²) in [5.74, 6) is 0.795. The molecule has 1 N–H and O–H groups in total. The number of fused-ring (bicyclic) bond motifs is 1. The highest BCUT2D eigenvalue weighted by Crippen LogP contribution is 2.28. The zero-order chi connectivity index (χ0) is 13.4. The van der Waals surface area contributed by atoms with E-state index in [-0.39, 0.29) is 0 Å². The number of benzene rings is 1. The predicted molar refractivity (Wildman–Crippen MR) is 70.3 cm³/mol. The summed E-state index contributed by atoms with van der Waals surface area (Å²) in [6.07, 6.45) is 1.51. The lowest BCUT2D eigenvalue weighted by atomic mass is 10.0. The molecule has 0 bridgehead atoms. The molecule has 1 aromatic rings. The smallest absolute Gasteiger partial charge is 0.241 e. The first kappa shape index (κ1) is 13.4. The van der Waals surface area contributed by atoms with Gasteiger partial charge in [-0.25, -0.2) is 13.1 Å². The molecule has 0 fully saturated rings. The Morgan fingerprint density at radius 3 is 2.78 bits per heavy atom. The lowest BCUT2D eigenvalue weighted by molar-refractivity contribution is 0.356. The third-order valence-corrected chi connectivity index (χ3v) is 4.96. The van der Waals surface area contributed by atoms with Gasteiger partial charge in [0, 0.05) is 12.0 Å². The summed E-state index contributed by atoms with van der Waals surface area (Å²) >= 11 is 0. The molecule has 1 aliphatic heterocycles. The van der Waals surface area contributed by atoms with E-state index in [1.54, 1.807) is 18.2 Å². The van der Waals surface area contributed by atoms with Crippen molar-refractivity contribution in [1.29, 1.82) is 0 Å². The van der Waals surface area contributed by atoms with E-state index in [1.165, 1.54) is 0 Å². The predicted octanol–water partition coefficient (Wildman–Crippen LogP) is 2.09. The molecule has 0 saturated heterocycles. The molecule has 1 aromatic carbocycles. The quantitative estimate of drug-likeness (QED) is 0.910. The van der Waals surface area contributed by atoms with Gasteiger partial charge in [-0.1, -0.05) is 6.92 Å². The summed E-state index contributed by atoms with van der Waals surface area (Å²) in [7, 11) is -3.46. The van der Waals surface area contributed by atoms with Crippen LogP contribution in [0, 0.1) is 0 Å². The summed E-state index contributed by atoms with van der Waals surface area (Å²) < 4.78 is 32.6. The van der Waals surface area contributed by atoms with Crippen molar-refractivity contribution in [3.8, 4) is 5.75 Å². The molecule has 0 aromatic heterocycles. The van der Waals surface area contributed by atoms with E-state index in [0.29, 0.717) is 11.5 Å². The third kappa shape index (κ3) is 2.67. The molecule has 2 rings (SSSR count). The number of rotatable bonds is 4. The maximum Gasteiger partial charge on any atom is 0.241 e. The highest BCUT2D eigenvalue weighted by molar-refractivity contribution is 7.89. The van der Waals surface area contributed by atoms with Crippen LogP contribution >= 0.6 is 0 Å². The summed E-state index contributed by atoms with van der Waals surface area (Å²) in [5, 5.41) is 0. The first-order valence-electron chi connectivity index (χ1n) is 6.14. The highest BCUT2D eigenvalue weighted by atomic mass is 32.2. The zero-order valence-corrected chi connectivity index (χ0v) is 11.8. The fourth-order valence-corrected chi connectivity index (χ4v) is 3.36. The van der Waals surface area contributed by atoms with Gasteiger partial charge in [-0.2, -0.15) is 0 Å². The monoisotopic (exact) mass is 269 g/mol. The summed E-state index contributed by atoms with van der Waals surface area (Å²) in [5.41, 5.74) is 0.529. The van der Waals surface area contributed by atoms with Gasteiger partial charge in [0.1, 0.15) is 5.75 Å². The van der Waals surface area contributed by atoms with Crippen molar-refractivity contribution in [3.63, 3.8) is 0 Å². The molecule has 0 atom stereocenters. The Labute approximate surface area is 108 Å². The van der Waals surface area contributed by atoms with Crippen molar-refractivity contribution >= 4 is 10.0 Å². The Morgan fingerprint density at radius 1 is 1.39 bits per heavy atom. The van der Waals surface area contributed by atoms with Crippen LogP contribution in [0.15, 0.2) is 23.1 Å². The molecule has 0 saturated carbocycles. The number of sulfonamides is 1. The Hall–Kier alpha value is -1.07. The SMILES string of the molecule is CCC(C)(C)NS(=O)(=O)c1ccc2c(c1)CCO2. The second kappa shape index (κ2) is 4.55. The first-order chi connectivity index (χ1) is 8.34. The molecule has 0 radical (unpaired) electrons. The molecule has 0 amide bonds. The third-order valence-electron chi connectivity index (χ3n) is 3.27. The van der Waals surface area contributed by atoms with Crippen molar-refractivity contribution in [2.75, 3.05) is 6.61 Å². The van der Waals surface area contributed by atoms with Gasteiger partial charge < -0.3 is 4.74 Å². The average molecular weight is 269 g/mol. The molecular formula is C13H19NO3S. The van der Waals surface area contributed by atoms with E-state index in [2.05, 4.69) is 4.72 Å². The van der Waals surface area contributed by atoms with Crippen molar-refractivity contribution < 1.29 is 13.2 Å². The van der Waals surface area contributed by atoms with Gasteiger partial charge in [0.2, 0.25) is 10.0 Å². The number of nitrogens with one attached hydrogen (secondary N) is 1. The summed E-state index contributed by atoms with van der Waals surface area (Å²) in [4.78, 5) is 0.313. The molecule has 0 spiro atoms. The normalized spacial score (nSPS) is 15.3. The van der Waals surface area contributed by atoms with Crippen molar-refractivity contribution in [1.82, 2.24) is 4.72 Å². The lowest BCUT2D eigenvalue weighted by Crippen LogP contribution is -2.42. The van der Waals surface area contributed by atoms with E-state index >= 15 is 0 Å². The van der Waals surface area contributed by atoms with E-state index in [0.717, 1.165) is 24.2 Å². The standard InChI is InChI=1S/C13H19NO3S/c1-4-13(2,3)14-18(15,16)11-5-6-12-10(9-11)7-8-17-12/h5-6,9,14H,4,7-8H2,1-3H3. The van der Waals surface area contributed by atoms with E-state index in [4.69, 9.17) is 4.74 Å². The molecule has 1 heterocycles. The minimum atomic E-state index is -3.46. The van der Waals surface area contributed by atoms with Crippen molar-refractivity contribution in [2.45, 2.75) is 44.0 Å². The molecule has 18 heavy (non-hydrogen) atoms. The van der Waals surface area contributed by atoms with Gasteiger partial charge in [-0.15, -0.1) is 0 Å². The van der Waals surface area contributed by atoms with Crippen LogP contribution in [-0.2, 0) is 16.4 Å². The van der Waals surface area contributed by atoms with Crippen LogP contribution in [0.3, 0.4) is 0 Å². The number of hydrogen-bond donors (Lipinski definition) is 1. The van der Waals surface area contributed by atoms with Crippen LogP contribution in [0.4, 0.5) is 0 Å². The fourth-order valence-electron chi connectivity index (χ4n) is 1.82. The van der Waals surface area contributed by atoms with E-state index < -0.39 is 15.6 Å². The van der Waals surface area contributed by atoms with Crippen LogP contribution in [0.25, 0.3) is 0 Å². The summed E-state index contributed by atoms with van der Waals surface area (Å²) in [6.45, 7) is 6.34. The Morgan fingerprint density at radius 2 is 2.11 bits per heavy atom. The fraction of sp³-hybridized carbons (Fsp3) is 0.538. The second-order valence-corrected chi connectivity index (χ2v) is 6.89. The molecule has 0 aliphatic carbocycles. The Bertz CT molecular complexity index is 549. The topological polar surface area (TPSA) is 55.4 Å². The van der Waals surface area contributed by atoms with Gasteiger partial charge in [0.25, 0.3) is 0 Å². The van der Waals surface area contributed by atoms with Gasteiger partial charge in [-0.3, -0.25) is 0 Å². The van der Waals surface area contributed by atoms with Crippen LogP contribution < -0.4 is 9.46 Å². The Balaban J connectivity index is 2.31. The summed E-state index contributed by atoms with van der Waals surface area (Å²) in [6, 6.07) is 5.03. The molecule has 5 heteroatoms. The van der Waals surface area contributed by atoms with Crippen molar-refractivity contribution in [3.05, 3.63) is 23.8 Å². The van der Waals surface area contributed by atoms with E-state index in [9.17, 15) is 8.42 Å². The minimum absolute atomic E-state index is 0.313. The molecule has 100 valence electrons. The Kier molecular flexibility index (Phi) is 3.38. The maximum absolute atomic E-state index is 12.3. The molecule has 1 aliphatic rings. The highest BCUT2D eigenvalue weighted by Gasteiger charge is 2.25. The number of ether oxygens (including phenoxy) is 1. The first-order valence-corrected chi connectivity index (χ1v) is 7.62. The van der Waals surface area contributed by atoms with Crippen LogP contribution in [-0.4, -0.2) is 20.6 Å². The van der Waals surface area contributed by atoms with Gasteiger partial charge in [0.15, 0.2) is 0 Å². The average Bonchev–Trinajstić information content (AvgIpc) is 2.74. The molecular weight excluding hydrogens is 250 g/mol. The molecule has 0 unspecified atom stereocenters. The minimum Gasteiger partial charge on any atom is -0.493 e. The second-order valence-electron chi connectivity index (χ2n) is 5.21. The van der Waals surface area contributed by atoms with E-state index in [1.807, 2.05) is 20.8 Å². The largest absolute Gasteiger partial charge is 0.493 e. The molecule has 4 nitrogen and oxygen atoms in total. The van der Waals surface area contributed by atoms with Crippen LogP contribution in [0.1, 0.15) is 32.8 Å². The zero-order valence-electron chi connectivity index (χ0n) is 11.0.